The van der Waals surface area contributed by atoms with Crippen molar-refractivity contribution in [2.75, 3.05) is 7.11 Å². The zero-order valence-corrected chi connectivity index (χ0v) is 7.40. The molecule has 0 aromatic heterocycles. The van der Waals surface area contributed by atoms with Crippen LogP contribution in [0, 0.1) is 34.0 Å². The zero-order valence-electron chi connectivity index (χ0n) is 7.40. The highest BCUT2D eigenvalue weighted by molar-refractivity contribution is 5.60. The first-order valence-corrected chi connectivity index (χ1v) is 3.69. The lowest BCUT2D eigenvalue weighted by Gasteiger charge is -2.03. The van der Waals surface area contributed by atoms with Gasteiger partial charge in [-0.05, 0) is 12.1 Å². The molecule has 14 heavy (non-hydrogen) atoms. The Morgan fingerprint density at radius 3 is 2.07 bits per heavy atom. The second kappa shape index (κ2) is 3.94. The minimum atomic E-state index is 0.0642. The van der Waals surface area contributed by atoms with E-state index in [1.54, 1.807) is 0 Å². The molecule has 0 saturated heterocycles. The smallest absolute Gasteiger partial charge is 0.138 e. The molecule has 4 nitrogen and oxygen atoms in total. The van der Waals surface area contributed by atoms with Crippen LogP contribution in [-0.4, -0.2) is 7.11 Å². The molecule has 0 spiro atoms. The number of benzene rings is 1. The van der Waals surface area contributed by atoms with E-state index in [-0.39, 0.29) is 16.7 Å². The molecule has 66 valence electrons. The molecule has 0 amide bonds. The fraction of sp³-hybridized carbons (Fsp3) is 0.100. The lowest BCUT2D eigenvalue weighted by atomic mass is 10.0. The van der Waals surface area contributed by atoms with Gasteiger partial charge in [0.25, 0.3) is 0 Å². The maximum Gasteiger partial charge on any atom is 0.138 e. The Labute approximate surface area is 81.2 Å². The molecule has 0 atom stereocenters. The quantitative estimate of drug-likeness (QED) is 0.657. The predicted molar refractivity (Wildman–Crippen MR) is 47.1 cm³/mol. The highest BCUT2D eigenvalue weighted by Gasteiger charge is 2.12. The first kappa shape index (κ1) is 9.58. The van der Waals surface area contributed by atoms with Crippen LogP contribution in [0.1, 0.15) is 16.7 Å². The van der Waals surface area contributed by atoms with Crippen molar-refractivity contribution >= 4 is 0 Å². The largest absolute Gasteiger partial charge is 0.495 e. The molecular weight excluding hydrogens is 178 g/mol. The summed E-state index contributed by atoms with van der Waals surface area (Å²) >= 11 is 0. The fourth-order valence-electron chi connectivity index (χ4n) is 1.07. The van der Waals surface area contributed by atoms with Crippen LogP contribution < -0.4 is 4.74 Å². The summed E-state index contributed by atoms with van der Waals surface area (Å²) in [5.41, 5.74) is 0.355. The molecule has 0 aliphatic heterocycles. The number of nitriles is 3. The molecule has 0 unspecified atom stereocenters. The predicted octanol–water partition coefficient (Wildman–Crippen LogP) is 1.31. The average Bonchev–Trinajstić information content (AvgIpc) is 2.26. The number of ether oxygens (including phenoxy) is 1. The molecular formula is C10H5N3O. The Morgan fingerprint density at radius 2 is 1.64 bits per heavy atom. The van der Waals surface area contributed by atoms with Gasteiger partial charge in [-0.1, -0.05) is 0 Å². The van der Waals surface area contributed by atoms with Crippen LogP contribution in [0.2, 0.25) is 0 Å². The van der Waals surface area contributed by atoms with Gasteiger partial charge in [-0.25, -0.2) is 0 Å². The average molecular weight is 183 g/mol. The molecule has 0 radical (unpaired) electrons. The molecule has 0 fully saturated rings. The van der Waals surface area contributed by atoms with E-state index in [2.05, 4.69) is 0 Å². The molecule has 1 aromatic carbocycles. The van der Waals surface area contributed by atoms with Crippen molar-refractivity contribution in [2.24, 2.45) is 0 Å². The summed E-state index contributed by atoms with van der Waals surface area (Å²) in [7, 11) is 1.41. The van der Waals surface area contributed by atoms with E-state index >= 15 is 0 Å². The summed E-state index contributed by atoms with van der Waals surface area (Å²) in [6.07, 6.45) is 0. The van der Waals surface area contributed by atoms with Gasteiger partial charge < -0.3 is 4.74 Å². The minimum Gasteiger partial charge on any atom is -0.495 e. The van der Waals surface area contributed by atoms with E-state index in [9.17, 15) is 0 Å². The van der Waals surface area contributed by atoms with Crippen LogP contribution in [0.5, 0.6) is 5.75 Å². The van der Waals surface area contributed by atoms with Crippen LogP contribution in [0.25, 0.3) is 0 Å². The third kappa shape index (κ3) is 1.35. The maximum atomic E-state index is 8.79. The first-order valence-electron chi connectivity index (χ1n) is 3.69. The minimum absolute atomic E-state index is 0.0642. The van der Waals surface area contributed by atoms with Gasteiger partial charge in [0.2, 0.25) is 0 Å². The van der Waals surface area contributed by atoms with Gasteiger partial charge in [-0.15, -0.1) is 0 Å². The summed E-state index contributed by atoms with van der Waals surface area (Å²) in [4.78, 5) is 0. The lowest BCUT2D eigenvalue weighted by Crippen LogP contribution is -1.94. The topological polar surface area (TPSA) is 80.6 Å². The molecule has 0 aliphatic carbocycles. The molecule has 0 heterocycles. The van der Waals surface area contributed by atoms with Gasteiger partial charge in [-0.2, -0.15) is 15.8 Å². The normalized spacial score (nSPS) is 8.14. The van der Waals surface area contributed by atoms with Gasteiger partial charge in [0.1, 0.15) is 29.5 Å². The SMILES string of the molecule is COc1ccc(C#N)c(C#N)c1C#N. The van der Waals surface area contributed by atoms with Crippen molar-refractivity contribution < 1.29 is 4.74 Å². The maximum absolute atomic E-state index is 8.79. The van der Waals surface area contributed by atoms with Crippen molar-refractivity contribution in [1.82, 2.24) is 0 Å². The van der Waals surface area contributed by atoms with Crippen LogP contribution in [0.15, 0.2) is 12.1 Å². The molecule has 1 rings (SSSR count). The summed E-state index contributed by atoms with van der Waals surface area (Å²) in [5, 5.41) is 26.2. The lowest BCUT2D eigenvalue weighted by molar-refractivity contribution is 0.413. The van der Waals surface area contributed by atoms with Crippen molar-refractivity contribution in [2.45, 2.75) is 0 Å². The molecule has 0 bridgehead atoms. The second-order valence-electron chi connectivity index (χ2n) is 2.40. The van der Waals surface area contributed by atoms with Crippen molar-refractivity contribution in [3.63, 3.8) is 0 Å². The van der Waals surface area contributed by atoms with E-state index in [4.69, 9.17) is 20.5 Å². The number of nitrogens with zero attached hydrogens (tertiary/aromatic N) is 3. The second-order valence-corrected chi connectivity index (χ2v) is 2.40. The summed E-state index contributed by atoms with van der Waals surface area (Å²) in [6.45, 7) is 0. The third-order valence-electron chi connectivity index (χ3n) is 1.73. The van der Waals surface area contributed by atoms with Gasteiger partial charge in [0.05, 0.1) is 18.2 Å². The van der Waals surface area contributed by atoms with Crippen molar-refractivity contribution in [3.8, 4) is 24.0 Å². The van der Waals surface area contributed by atoms with Gasteiger partial charge >= 0.3 is 0 Å². The summed E-state index contributed by atoms with van der Waals surface area (Å²) < 4.78 is 4.90. The van der Waals surface area contributed by atoms with E-state index < -0.39 is 0 Å². The van der Waals surface area contributed by atoms with Gasteiger partial charge in [0, 0.05) is 0 Å². The van der Waals surface area contributed by atoms with Gasteiger partial charge in [0.15, 0.2) is 0 Å². The van der Waals surface area contributed by atoms with Gasteiger partial charge in [-0.3, -0.25) is 0 Å². The number of rotatable bonds is 1. The molecule has 1 aromatic rings. The standard InChI is InChI=1S/C10H5N3O/c1-14-10-3-2-7(4-11)8(5-12)9(10)6-13/h2-3H,1H3. The molecule has 0 saturated carbocycles. The highest BCUT2D eigenvalue weighted by Crippen LogP contribution is 2.23. The Bertz CT molecular complexity index is 486. The van der Waals surface area contributed by atoms with Crippen LogP contribution in [0.4, 0.5) is 0 Å². The summed E-state index contributed by atoms with van der Waals surface area (Å²) in [5.74, 6) is 0.308. The first-order chi connectivity index (χ1) is 6.78. The van der Waals surface area contributed by atoms with E-state index in [1.807, 2.05) is 18.2 Å². The van der Waals surface area contributed by atoms with Crippen molar-refractivity contribution in [3.05, 3.63) is 28.8 Å². The summed E-state index contributed by atoms with van der Waals surface area (Å²) in [6, 6.07) is 8.46. The Balaban J connectivity index is 3.59. The number of hydrogen-bond acceptors (Lipinski definition) is 4. The Kier molecular flexibility index (Phi) is 2.69. The van der Waals surface area contributed by atoms with Crippen LogP contribution in [0.3, 0.4) is 0 Å². The fourth-order valence-corrected chi connectivity index (χ4v) is 1.07. The van der Waals surface area contributed by atoms with E-state index in [1.165, 1.54) is 19.2 Å². The molecule has 4 heteroatoms. The van der Waals surface area contributed by atoms with Crippen molar-refractivity contribution in [1.29, 1.82) is 15.8 Å². The zero-order chi connectivity index (χ0) is 10.6. The van der Waals surface area contributed by atoms with Crippen LogP contribution >= 0.6 is 0 Å². The Hall–Kier alpha value is -2.51. The number of hydrogen-bond donors (Lipinski definition) is 0. The molecule has 0 aliphatic rings. The monoisotopic (exact) mass is 183 g/mol. The third-order valence-corrected chi connectivity index (χ3v) is 1.73. The molecule has 0 N–H and O–H groups in total. The van der Waals surface area contributed by atoms with E-state index in [0.717, 1.165) is 0 Å². The Morgan fingerprint density at radius 1 is 1.00 bits per heavy atom. The number of methoxy groups -OCH3 is 1. The van der Waals surface area contributed by atoms with E-state index in [0.29, 0.717) is 5.75 Å². The van der Waals surface area contributed by atoms with Crippen LogP contribution in [-0.2, 0) is 0 Å². The highest BCUT2D eigenvalue weighted by atomic mass is 16.5.